The smallest absolute Gasteiger partial charge is 0.123 e. The first-order valence-electron chi connectivity index (χ1n) is 15.1. The lowest BCUT2D eigenvalue weighted by Gasteiger charge is -2.41. The molecule has 3 N–H and O–H groups in total. The Kier molecular flexibility index (Phi) is 9.89. The van der Waals surface area contributed by atoms with E-state index in [2.05, 4.69) is 46.5 Å². The van der Waals surface area contributed by atoms with Crippen LogP contribution in [0.3, 0.4) is 0 Å². The molecule has 0 heterocycles. The fourth-order valence-electron chi connectivity index (χ4n) is 6.64. The summed E-state index contributed by atoms with van der Waals surface area (Å²) < 4.78 is 14.1. The van der Waals surface area contributed by atoms with Gasteiger partial charge in [-0.15, -0.1) is 0 Å². The average Bonchev–Trinajstić information content (AvgIpc) is 3.07. The fraction of sp³-hybridized carbons (Fsp3) is 0.205. The minimum absolute atomic E-state index is 0.325. The maximum absolute atomic E-state index is 14.1. The molecule has 5 aromatic carbocycles. The van der Waals surface area contributed by atoms with E-state index in [9.17, 15) is 19.8 Å². The Balaban J connectivity index is 1.94. The van der Waals surface area contributed by atoms with E-state index < -0.39 is 23.4 Å². The summed E-state index contributed by atoms with van der Waals surface area (Å²) in [6, 6.07) is 39.6. The van der Waals surface area contributed by atoms with Gasteiger partial charge in [-0.1, -0.05) is 120 Å². The second kappa shape index (κ2) is 14.0. The van der Waals surface area contributed by atoms with Crippen LogP contribution >= 0.6 is 0 Å². The van der Waals surface area contributed by atoms with Crippen LogP contribution in [0, 0.1) is 5.82 Å². The topological polar surface area (TPSA) is 76.3 Å². The van der Waals surface area contributed by atoms with Crippen molar-refractivity contribution in [3.8, 4) is 0 Å². The van der Waals surface area contributed by atoms with E-state index in [1.54, 1.807) is 18.2 Å². The van der Waals surface area contributed by atoms with Crippen LogP contribution in [0.25, 0.3) is 0 Å². The Morgan fingerprint density at radius 1 is 0.711 bits per heavy atom. The Labute approximate surface area is 264 Å². The van der Waals surface area contributed by atoms with Gasteiger partial charge in [0.2, 0.25) is 0 Å². The van der Waals surface area contributed by atoms with Crippen molar-refractivity contribution < 1.29 is 19.8 Å². The molecule has 0 aliphatic heterocycles. The highest BCUT2D eigenvalue weighted by Crippen LogP contribution is 2.50. The van der Waals surface area contributed by atoms with Gasteiger partial charge in [0, 0.05) is 5.56 Å². The molecule has 0 bridgehead atoms. The molecule has 0 fully saturated rings. The normalized spacial score (nSPS) is 13.3. The third-order valence-electron chi connectivity index (χ3n) is 8.61. The number of benzene rings is 5. The lowest BCUT2D eigenvalue weighted by molar-refractivity contribution is 0.0639. The Bertz CT molecular complexity index is 1610. The summed E-state index contributed by atoms with van der Waals surface area (Å²) in [4.78, 5) is 2.05. The minimum atomic E-state index is -1.57. The van der Waals surface area contributed by atoms with Gasteiger partial charge in [-0.25, -0.2) is 4.39 Å². The van der Waals surface area contributed by atoms with Gasteiger partial charge in [-0.05, 0) is 84.6 Å². The lowest BCUT2D eigenvalue weighted by atomic mass is 9.61. The number of hydrogen-bond donors (Lipinski definition) is 3. The summed E-state index contributed by atoms with van der Waals surface area (Å²) in [5.74, 6) is -0.400. The molecule has 0 aliphatic rings. The number of oxime groups is 1. The van der Waals surface area contributed by atoms with Gasteiger partial charge in [0.05, 0.1) is 18.2 Å². The highest BCUT2D eigenvalue weighted by atomic mass is 19.1. The summed E-state index contributed by atoms with van der Waals surface area (Å²) in [7, 11) is 3.95. The number of hydrogen-bond acceptors (Lipinski definition) is 5. The third kappa shape index (κ3) is 6.18. The van der Waals surface area contributed by atoms with Gasteiger partial charge in [0.1, 0.15) is 11.4 Å². The first-order valence-corrected chi connectivity index (χ1v) is 15.1. The zero-order chi connectivity index (χ0) is 31.9. The summed E-state index contributed by atoms with van der Waals surface area (Å²) in [6.45, 7) is 0.311. The summed E-state index contributed by atoms with van der Waals surface area (Å²) >= 11 is 0. The molecule has 1 unspecified atom stereocenters. The van der Waals surface area contributed by atoms with Gasteiger partial charge in [0.25, 0.3) is 0 Å². The van der Waals surface area contributed by atoms with Crippen LogP contribution in [0.2, 0.25) is 0 Å². The van der Waals surface area contributed by atoms with E-state index in [0.717, 1.165) is 23.2 Å². The highest BCUT2D eigenvalue weighted by molar-refractivity contribution is 5.85. The molecule has 5 aromatic rings. The van der Waals surface area contributed by atoms with Crippen molar-refractivity contribution >= 4 is 6.21 Å². The number of aliphatic hydroxyl groups is 2. The molecule has 45 heavy (non-hydrogen) atoms. The van der Waals surface area contributed by atoms with Crippen LogP contribution in [0.15, 0.2) is 133 Å². The van der Waals surface area contributed by atoms with Crippen molar-refractivity contribution in [3.05, 3.63) is 178 Å². The first-order chi connectivity index (χ1) is 21.9. The Morgan fingerprint density at radius 2 is 1.22 bits per heavy atom. The fourth-order valence-corrected chi connectivity index (χ4v) is 6.64. The molecule has 0 radical (unpaired) electrons. The summed E-state index contributed by atoms with van der Waals surface area (Å²) in [5.41, 5.74) is 3.01. The van der Waals surface area contributed by atoms with E-state index in [-0.39, 0.29) is 0 Å². The minimum Gasteiger partial charge on any atom is -0.411 e. The standard InChI is InChI=1S/C39H39FN2O3/c1-42(2)26-12-25-38(44,30-20-22-34(40)23-21-30)36-24-19-29(27-41-45)37(35(36)28-43)39(31-13-6-3-7-14-31,32-15-8-4-9-16-32)33-17-10-5-11-18-33/h3-11,13-24,27,43-45H,12,25-26,28H2,1-2H3. The molecule has 0 aliphatic carbocycles. The third-order valence-corrected chi connectivity index (χ3v) is 8.61. The maximum Gasteiger partial charge on any atom is 0.123 e. The molecule has 6 heteroatoms. The van der Waals surface area contributed by atoms with Crippen LogP contribution in [0.4, 0.5) is 4.39 Å². The average molecular weight is 603 g/mol. The molecule has 5 rings (SSSR count). The number of halogens is 1. The van der Waals surface area contributed by atoms with Crippen molar-refractivity contribution in [1.29, 1.82) is 0 Å². The predicted molar refractivity (Wildman–Crippen MR) is 177 cm³/mol. The Hall–Kier alpha value is -4.62. The van der Waals surface area contributed by atoms with Gasteiger partial charge >= 0.3 is 0 Å². The van der Waals surface area contributed by atoms with Gasteiger partial charge in [-0.3, -0.25) is 0 Å². The van der Waals surface area contributed by atoms with Crippen LogP contribution in [0.5, 0.6) is 0 Å². The summed E-state index contributed by atoms with van der Waals surface area (Å²) in [5, 5.41) is 37.5. The van der Waals surface area contributed by atoms with Crippen LogP contribution in [0.1, 0.15) is 57.3 Å². The van der Waals surface area contributed by atoms with Crippen molar-refractivity contribution in [2.45, 2.75) is 30.5 Å². The monoisotopic (exact) mass is 602 g/mol. The molecule has 0 spiro atoms. The molecule has 0 saturated heterocycles. The molecule has 0 saturated carbocycles. The second-order valence-electron chi connectivity index (χ2n) is 11.6. The number of aliphatic hydroxyl groups excluding tert-OH is 1. The van der Waals surface area contributed by atoms with E-state index in [1.807, 2.05) is 74.8 Å². The van der Waals surface area contributed by atoms with Crippen molar-refractivity contribution in [2.75, 3.05) is 20.6 Å². The first kappa shape index (κ1) is 31.8. The van der Waals surface area contributed by atoms with Crippen molar-refractivity contribution in [1.82, 2.24) is 4.90 Å². The highest BCUT2D eigenvalue weighted by Gasteiger charge is 2.44. The van der Waals surface area contributed by atoms with Crippen molar-refractivity contribution in [3.63, 3.8) is 0 Å². The van der Waals surface area contributed by atoms with Gasteiger partial charge in [0.15, 0.2) is 0 Å². The van der Waals surface area contributed by atoms with Crippen LogP contribution < -0.4 is 0 Å². The molecular weight excluding hydrogens is 563 g/mol. The number of rotatable bonds is 12. The van der Waals surface area contributed by atoms with Crippen molar-refractivity contribution in [2.24, 2.45) is 5.16 Å². The SMILES string of the molecule is CN(C)CCCC(O)(c1ccc(F)cc1)c1ccc(C=NO)c(C(c2ccccc2)(c2ccccc2)c2ccccc2)c1CO. The van der Waals surface area contributed by atoms with E-state index in [1.165, 1.54) is 18.3 Å². The van der Waals surface area contributed by atoms with Crippen LogP contribution in [-0.4, -0.2) is 47.2 Å². The predicted octanol–water partition coefficient (Wildman–Crippen LogP) is 7.09. The van der Waals surface area contributed by atoms with Gasteiger partial charge in [-0.2, -0.15) is 0 Å². The second-order valence-corrected chi connectivity index (χ2v) is 11.6. The lowest BCUT2D eigenvalue weighted by Crippen LogP contribution is -2.36. The number of nitrogens with zero attached hydrogens (tertiary/aromatic N) is 2. The van der Waals surface area contributed by atoms with E-state index in [0.29, 0.717) is 40.7 Å². The Morgan fingerprint density at radius 3 is 1.67 bits per heavy atom. The summed E-state index contributed by atoms with van der Waals surface area (Å²) in [6.07, 6.45) is 2.35. The zero-order valence-corrected chi connectivity index (χ0v) is 25.6. The zero-order valence-electron chi connectivity index (χ0n) is 25.6. The van der Waals surface area contributed by atoms with E-state index >= 15 is 0 Å². The molecule has 0 amide bonds. The van der Waals surface area contributed by atoms with Crippen LogP contribution in [-0.2, 0) is 17.6 Å². The molecule has 1 atom stereocenters. The van der Waals surface area contributed by atoms with E-state index in [4.69, 9.17) is 0 Å². The molecule has 230 valence electrons. The quantitative estimate of drug-likeness (QED) is 0.0617. The van der Waals surface area contributed by atoms with Gasteiger partial charge < -0.3 is 20.3 Å². The largest absolute Gasteiger partial charge is 0.411 e. The molecular formula is C39H39FN2O3. The molecule has 0 aromatic heterocycles. The molecule has 5 nitrogen and oxygen atoms in total. The maximum atomic E-state index is 14.1.